The first-order valence-electron chi connectivity index (χ1n) is 6.23. The van der Waals surface area contributed by atoms with Crippen LogP contribution in [0.3, 0.4) is 0 Å². The lowest BCUT2D eigenvalue weighted by Gasteiger charge is -2.10. The Morgan fingerprint density at radius 3 is 2.65 bits per heavy atom. The van der Waals surface area contributed by atoms with Gasteiger partial charge in [-0.15, -0.1) is 0 Å². The molecule has 0 saturated carbocycles. The second kappa shape index (κ2) is 7.37. The topological polar surface area (TPSA) is 92.7 Å². The van der Waals surface area contributed by atoms with Crippen molar-refractivity contribution in [2.24, 2.45) is 0 Å². The van der Waals surface area contributed by atoms with Crippen LogP contribution in [0.15, 0.2) is 29.2 Å². The quantitative estimate of drug-likeness (QED) is 0.577. The zero-order valence-corrected chi connectivity index (χ0v) is 12.3. The summed E-state index contributed by atoms with van der Waals surface area (Å²) in [5.41, 5.74) is -0.00183. The van der Waals surface area contributed by atoms with E-state index >= 15 is 0 Å². The predicted molar refractivity (Wildman–Crippen MR) is 73.9 cm³/mol. The fraction of sp³-hybridized carbons (Fsp3) is 0.462. The van der Waals surface area contributed by atoms with Gasteiger partial charge in [-0.3, -0.25) is 0 Å². The van der Waals surface area contributed by atoms with Gasteiger partial charge >= 0.3 is 5.97 Å². The average Bonchev–Trinajstić information content (AvgIpc) is 2.42. The number of aliphatic hydroxyl groups excluding tert-OH is 1. The number of carbonyl (C=O) groups excluding carboxylic acids is 1. The molecule has 6 nitrogen and oxygen atoms in total. The van der Waals surface area contributed by atoms with Gasteiger partial charge in [-0.2, -0.15) is 0 Å². The fourth-order valence-electron chi connectivity index (χ4n) is 1.66. The fourth-order valence-corrected chi connectivity index (χ4v) is 2.93. The molecule has 0 amide bonds. The molecular weight excluding hydrogens is 282 g/mol. The van der Waals surface area contributed by atoms with Gasteiger partial charge < -0.3 is 9.84 Å². The Kier molecular flexibility index (Phi) is 6.12. The highest BCUT2D eigenvalue weighted by Gasteiger charge is 2.21. The number of benzene rings is 1. The number of aliphatic hydroxyl groups is 1. The van der Waals surface area contributed by atoms with Crippen LogP contribution < -0.4 is 4.72 Å². The molecule has 1 aromatic rings. The summed E-state index contributed by atoms with van der Waals surface area (Å²) in [6.07, 6.45) is 0.542. The van der Waals surface area contributed by atoms with Crippen molar-refractivity contribution in [3.8, 4) is 0 Å². The maximum absolute atomic E-state index is 12.1. The second-order valence-electron chi connectivity index (χ2n) is 4.38. The first-order chi connectivity index (χ1) is 9.38. The van der Waals surface area contributed by atoms with Crippen LogP contribution >= 0.6 is 0 Å². The van der Waals surface area contributed by atoms with Crippen LogP contribution in [0.5, 0.6) is 0 Å². The van der Waals surface area contributed by atoms with E-state index in [2.05, 4.69) is 9.46 Å². The van der Waals surface area contributed by atoms with Crippen molar-refractivity contribution in [2.75, 3.05) is 13.7 Å². The molecular formula is C13H19NO5S. The number of hydrogen-bond donors (Lipinski definition) is 2. The van der Waals surface area contributed by atoms with Gasteiger partial charge in [-0.05, 0) is 31.9 Å². The molecule has 1 aromatic carbocycles. The predicted octanol–water partition coefficient (Wildman–Crippen LogP) is 0.912. The van der Waals surface area contributed by atoms with Crippen LogP contribution in [-0.2, 0) is 14.8 Å². The van der Waals surface area contributed by atoms with Crippen LogP contribution in [0.2, 0.25) is 0 Å². The smallest absolute Gasteiger partial charge is 0.339 e. The number of sulfonamides is 1. The highest BCUT2D eigenvalue weighted by atomic mass is 32.2. The van der Waals surface area contributed by atoms with Crippen molar-refractivity contribution >= 4 is 16.0 Å². The molecule has 0 aliphatic carbocycles. The van der Waals surface area contributed by atoms with Crippen molar-refractivity contribution in [1.29, 1.82) is 0 Å². The monoisotopic (exact) mass is 301 g/mol. The van der Waals surface area contributed by atoms with Gasteiger partial charge in [0.25, 0.3) is 0 Å². The summed E-state index contributed by atoms with van der Waals surface area (Å²) in [5.74, 6) is -0.699. The highest BCUT2D eigenvalue weighted by molar-refractivity contribution is 7.89. The maximum Gasteiger partial charge on any atom is 0.339 e. The van der Waals surface area contributed by atoms with E-state index in [0.717, 1.165) is 0 Å². The zero-order chi connectivity index (χ0) is 15.2. The lowest BCUT2D eigenvalue weighted by Crippen LogP contribution is -2.27. The summed E-state index contributed by atoms with van der Waals surface area (Å²) in [6.45, 7) is 1.84. The Bertz CT molecular complexity index is 554. The van der Waals surface area contributed by atoms with Gasteiger partial charge in [0.05, 0.1) is 23.7 Å². The molecule has 0 saturated heterocycles. The van der Waals surface area contributed by atoms with E-state index in [1.807, 2.05) is 0 Å². The first kappa shape index (κ1) is 16.6. The molecule has 1 rings (SSSR count). The number of hydrogen-bond acceptors (Lipinski definition) is 5. The summed E-state index contributed by atoms with van der Waals surface area (Å²) in [6, 6.07) is 5.86. The lowest BCUT2D eigenvalue weighted by molar-refractivity contribution is 0.0596. The standard InChI is InChI=1S/C13H19NO5S/c1-10(15)6-5-9-14-20(17,18)12-8-4-3-7-11(12)13(16)19-2/h3-4,7-8,10,14-15H,5-6,9H2,1-2H3. The summed E-state index contributed by atoms with van der Waals surface area (Å²) in [4.78, 5) is 11.4. The minimum absolute atomic E-state index is 0.00183. The van der Waals surface area contributed by atoms with Crippen LogP contribution in [0.1, 0.15) is 30.1 Å². The van der Waals surface area contributed by atoms with E-state index in [9.17, 15) is 13.2 Å². The summed E-state index contributed by atoms with van der Waals surface area (Å²) >= 11 is 0. The van der Waals surface area contributed by atoms with Crippen molar-refractivity contribution in [1.82, 2.24) is 4.72 Å². The van der Waals surface area contributed by atoms with Gasteiger partial charge in [0, 0.05) is 6.54 Å². The van der Waals surface area contributed by atoms with E-state index in [0.29, 0.717) is 12.8 Å². The Morgan fingerprint density at radius 2 is 2.05 bits per heavy atom. The SMILES string of the molecule is COC(=O)c1ccccc1S(=O)(=O)NCCCC(C)O. The first-order valence-corrected chi connectivity index (χ1v) is 7.72. The Hall–Kier alpha value is -1.44. The van der Waals surface area contributed by atoms with Crippen LogP contribution in [0.25, 0.3) is 0 Å². The van der Waals surface area contributed by atoms with Crippen molar-refractivity contribution in [3.05, 3.63) is 29.8 Å². The Morgan fingerprint density at radius 1 is 1.40 bits per heavy atom. The molecule has 0 radical (unpaired) electrons. The van der Waals surface area contributed by atoms with Crippen molar-refractivity contribution < 1.29 is 23.1 Å². The molecule has 0 fully saturated rings. The summed E-state index contributed by atoms with van der Waals surface area (Å²) in [7, 11) is -2.58. The summed E-state index contributed by atoms with van der Waals surface area (Å²) in [5, 5.41) is 9.11. The van der Waals surface area contributed by atoms with E-state index in [1.165, 1.54) is 25.3 Å². The molecule has 1 atom stereocenters. The second-order valence-corrected chi connectivity index (χ2v) is 6.11. The van der Waals surface area contributed by atoms with E-state index < -0.39 is 22.1 Å². The van der Waals surface area contributed by atoms with E-state index in [4.69, 9.17) is 5.11 Å². The van der Waals surface area contributed by atoms with Gasteiger partial charge in [0.15, 0.2) is 0 Å². The molecule has 0 aliphatic heterocycles. The molecule has 0 aromatic heterocycles. The molecule has 20 heavy (non-hydrogen) atoms. The van der Waals surface area contributed by atoms with Gasteiger partial charge in [-0.1, -0.05) is 12.1 Å². The third kappa shape index (κ3) is 4.59. The molecule has 0 spiro atoms. The molecule has 1 unspecified atom stereocenters. The minimum Gasteiger partial charge on any atom is -0.465 e. The molecule has 0 heterocycles. The molecule has 2 N–H and O–H groups in total. The number of esters is 1. The molecule has 0 bridgehead atoms. The maximum atomic E-state index is 12.1. The summed E-state index contributed by atoms with van der Waals surface area (Å²) < 4.78 is 31.2. The Balaban J connectivity index is 2.85. The normalized spacial score (nSPS) is 12.9. The van der Waals surface area contributed by atoms with E-state index in [-0.39, 0.29) is 17.0 Å². The number of carbonyl (C=O) groups is 1. The third-order valence-electron chi connectivity index (χ3n) is 2.67. The van der Waals surface area contributed by atoms with Crippen molar-refractivity contribution in [2.45, 2.75) is 30.8 Å². The highest BCUT2D eigenvalue weighted by Crippen LogP contribution is 2.16. The minimum atomic E-state index is -3.78. The number of rotatable bonds is 7. The Labute approximate surface area is 118 Å². The molecule has 0 aliphatic rings. The number of ether oxygens (including phenoxy) is 1. The van der Waals surface area contributed by atoms with E-state index in [1.54, 1.807) is 13.0 Å². The molecule has 112 valence electrons. The van der Waals surface area contributed by atoms with Gasteiger partial charge in [-0.25, -0.2) is 17.9 Å². The number of nitrogens with one attached hydrogen (secondary N) is 1. The zero-order valence-electron chi connectivity index (χ0n) is 11.5. The van der Waals surface area contributed by atoms with Gasteiger partial charge in [0.2, 0.25) is 10.0 Å². The number of methoxy groups -OCH3 is 1. The largest absolute Gasteiger partial charge is 0.465 e. The lowest BCUT2D eigenvalue weighted by atomic mass is 10.2. The van der Waals surface area contributed by atoms with Gasteiger partial charge in [0.1, 0.15) is 0 Å². The third-order valence-corrected chi connectivity index (χ3v) is 4.19. The van der Waals surface area contributed by atoms with Crippen LogP contribution in [0.4, 0.5) is 0 Å². The van der Waals surface area contributed by atoms with Crippen LogP contribution in [-0.4, -0.2) is 39.3 Å². The van der Waals surface area contributed by atoms with Crippen molar-refractivity contribution in [3.63, 3.8) is 0 Å². The average molecular weight is 301 g/mol. The van der Waals surface area contributed by atoms with Crippen LogP contribution in [0, 0.1) is 0 Å². The molecule has 7 heteroatoms.